The summed E-state index contributed by atoms with van der Waals surface area (Å²) in [5.41, 5.74) is 2.27. The summed E-state index contributed by atoms with van der Waals surface area (Å²) in [7, 11) is 0. The van der Waals surface area contributed by atoms with Gasteiger partial charge in [-0.3, -0.25) is 0 Å². The number of nitrogens with zero attached hydrogens (tertiary/aromatic N) is 1. The van der Waals surface area contributed by atoms with E-state index in [0.29, 0.717) is 11.3 Å². The van der Waals surface area contributed by atoms with Gasteiger partial charge < -0.3 is 10.3 Å². The molecule has 0 aliphatic carbocycles. The minimum absolute atomic E-state index is 0.173. The quantitative estimate of drug-likeness (QED) is 0.213. The van der Waals surface area contributed by atoms with Crippen LogP contribution in [0.15, 0.2) is 23.4 Å². The Kier molecular flexibility index (Phi) is 10.2. The molecule has 1 aromatic carbocycles. The zero-order chi connectivity index (χ0) is 16.9. The van der Waals surface area contributed by atoms with E-state index >= 15 is 0 Å². The van der Waals surface area contributed by atoms with Crippen molar-refractivity contribution in [2.24, 2.45) is 5.16 Å². The van der Waals surface area contributed by atoms with Crippen molar-refractivity contribution in [2.45, 2.75) is 84.5 Å². The summed E-state index contributed by atoms with van der Waals surface area (Å²) >= 11 is 0. The van der Waals surface area contributed by atoms with Crippen LogP contribution in [-0.2, 0) is 6.42 Å². The Morgan fingerprint density at radius 2 is 1.48 bits per heavy atom. The SMILES string of the molecule is CCCCCCCCCCCCc1ccc(O)c(C(C)=NO)c1. The van der Waals surface area contributed by atoms with E-state index in [1.165, 1.54) is 69.8 Å². The van der Waals surface area contributed by atoms with Gasteiger partial charge in [0.25, 0.3) is 0 Å². The molecule has 0 fully saturated rings. The molecular formula is C20H33NO2. The molecule has 0 heterocycles. The van der Waals surface area contributed by atoms with Crippen molar-refractivity contribution >= 4 is 5.71 Å². The Bertz CT molecular complexity index is 469. The molecule has 0 radical (unpaired) electrons. The van der Waals surface area contributed by atoms with Gasteiger partial charge in [0.05, 0.1) is 5.71 Å². The Morgan fingerprint density at radius 3 is 2.04 bits per heavy atom. The Morgan fingerprint density at radius 1 is 0.913 bits per heavy atom. The lowest BCUT2D eigenvalue weighted by atomic mass is 10.0. The number of phenolic OH excluding ortho intramolecular Hbond substituents is 1. The Hall–Kier alpha value is -1.51. The number of benzene rings is 1. The zero-order valence-electron chi connectivity index (χ0n) is 14.9. The molecule has 0 unspecified atom stereocenters. The van der Waals surface area contributed by atoms with Gasteiger partial charge in [0, 0.05) is 5.56 Å². The normalized spacial score (nSPS) is 11.8. The fourth-order valence-corrected chi connectivity index (χ4v) is 2.90. The molecular weight excluding hydrogens is 286 g/mol. The van der Waals surface area contributed by atoms with Crippen LogP contribution in [-0.4, -0.2) is 16.0 Å². The predicted octanol–water partition coefficient (Wildman–Crippen LogP) is 6.05. The summed E-state index contributed by atoms with van der Waals surface area (Å²) in [6, 6.07) is 5.57. The number of aromatic hydroxyl groups is 1. The van der Waals surface area contributed by atoms with Gasteiger partial charge in [-0.05, 0) is 37.5 Å². The molecule has 3 heteroatoms. The zero-order valence-corrected chi connectivity index (χ0v) is 14.9. The third-order valence-electron chi connectivity index (χ3n) is 4.42. The van der Waals surface area contributed by atoms with Crippen molar-refractivity contribution in [2.75, 3.05) is 0 Å². The van der Waals surface area contributed by atoms with Crippen molar-refractivity contribution < 1.29 is 10.3 Å². The third kappa shape index (κ3) is 8.06. The first-order chi connectivity index (χ1) is 11.2. The molecule has 0 atom stereocenters. The van der Waals surface area contributed by atoms with Crippen LogP contribution in [0.4, 0.5) is 0 Å². The highest BCUT2D eigenvalue weighted by molar-refractivity contribution is 6.00. The van der Waals surface area contributed by atoms with Crippen LogP contribution >= 0.6 is 0 Å². The largest absolute Gasteiger partial charge is 0.507 e. The molecule has 1 aromatic rings. The first kappa shape index (κ1) is 19.5. The number of oxime groups is 1. The molecule has 0 aliphatic heterocycles. The Labute approximate surface area is 141 Å². The second-order valence-electron chi connectivity index (χ2n) is 6.47. The number of phenols is 1. The van der Waals surface area contributed by atoms with E-state index < -0.39 is 0 Å². The fraction of sp³-hybridized carbons (Fsp3) is 0.650. The first-order valence-corrected chi connectivity index (χ1v) is 9.20. The van der Waals surface area contributed by atoms with Crippen molar-refractivity contribution in [1.82, 2.24) is 0 Å². The van der Waals surface area contributed by atoms with E-state index in [1.807, 2.05) is 12.1 Å². The van der Waals surface area contributed by atoms with Gasteiger partial charge in [-0.25, -0.2) is 0 Å². The smallest absolute Gasteiger partial charge is 0.124 e. The molecule has 23 heavy (non-hydrogen) atoms. The van der Waals surface area contributed by atoms with E-state index in [1.54, 1.807) is 13.0 Å². The average molecular weight is 319 g/mol. The molecule has 0 bridgehead atoms. The van der Waals surface area contributed by atoms with Crippen LogP contribution in [0.1, 0.15) is 89.2 Å². The van der Waals surface area contributed by atoms with Crippen molar-refractivity contribution in [1.29, 1.82) is 0 Å². The van der Waals surface area contributed by atoms with Gasteiger partial charge in [-0.2, -0.15) is 0 Å². The van der Waals surface area contributed by atoms with Crippen LogP contribution in [0, 0.1) is 0 Å². The second kappa shape index (κ2) is 12.0. The van der Waals surface area contributed by atoms with Crippen molar-refractivity contribution in [3.63, 3.8) is 0 Å². The minimum atomic E-state index is 0.173. The minimum Gasteiger partial charge on any atom is -0.507 e. The number of hydrogen-bond acceptors (Lipinski definition) is 3. The Balaban J connectivity index is 2.17. The van der Waals surface area contributed by atoms with E-state index in [-0.39, 0.29) is 5.75 Å². The second-order valence-corrected chi connectivity index (χ2v) is 6.47. The first-order valence-electron chi connectivity index (χ1n) is 9.20. The molecule has 1 rings (SSSR count). The predicted molar refractivity (Wildman–Crippen MR) is 97.7 cm³/mol. The highest BCUT2D eigenvalue weighted by atomic mass is 16.4. The summed E-state index contributed by atoms with van der Waals surface area (Å²) in [5, 5.41) is 21.8. The lowest BCUT2D eigenvalue weighted by Gasteiger charge is -2.07. The maximum atomic E-state index is 9.79. The van der Waals surface area contributed by atoms with Gasteiger partial charge >= 0.3 is 0 Å². The summed E-state index contributed by atoms with van der Waals surface area (Å²) in [4.78, 5) is 0. The molecule has 0 amide bonds. The summed E-state index contributed by atoms with van der Waals surface area (Å²) < 4.78 is 0. The van der Waals surface area contributed by atoms with Gasteiger partial charge in [0.15, 0.2) is 0 Å². The van der Waals surface area contributed by atoms with Crippen LogP contribution in [0.2, 0.25) is 0 Å². The third-order valence-corrected chi connectivity index (χ3v) is 4.42. The van der Waals surface area contributed by atoms with Crippen LogP contribution < -0.4 is 0 Å². The standard InChI is InChI=1S/C20H33NO2/c1-3-4-5-6-7-8-9-10-11-12-13-18-14-15-20(22)19(16-18)17(2)21-23/h14-16,22-23H,3-13H2,1-2H3. The topological polar surface area (TPSA) is 52.8 Å². The van der Waals surface area contributed by atoms with E-state index in [0.717, 1.165) is 6.42 Å². The van der Waals surface area contributed by atoms with Crippen molar-refractivity contribution in [3.05, 3.63) is 29.3 Å². The maximum absolute atomic E-state index is 9.79. The van der Waals surface area contributed by atoms with E-state index in [9.17, 15) is 5.11 Å². The maximum Gasteiger partial charge on any atom is 0.124 e. The van der Waals surface area contributed by atoms with E-state index in [4.69, 9.17) is 5.21 Å². The lowest BCUT2D eigenvalue weighted by molar-refractivity contribution is 0.318. The van der Waals surface area contributed by atoms with Gasteiger partial charge in [0.1, 0.15) is 5.75 Å². The highest BCUT2D eigenvalue weighted by Crippen LogP contribution is 2.21. The molecule has 0 aliphatic rings. The highest BCUT2D eigenvalue weighted by Gasteiger charge is 2.06. The average Bonchev–Trinajstić information content (AvgIpc) is 2.57. The van der Waals surface area contributed by atoms with Crippen LogP contribution in [0.25, 0.3) is 0 Å². The number of rotatable bonds is 12. The van der Waals surface area contributed by atoms with Crippen LogP contribution in [0.5, 0.6) is 5.75 Å². The summed E-state index contributed by atoms with van der Waals surface area (Å²) in [6.45, 7) is 3.95. The monoisotopic (exact) mass is 319 g/mol. The van der Waals surface area contributed by atoms with Gasteiger partial charge in [0.2, 0.25) is 0 Å². The van der Waals surface area contributed by atoms with E-state index in [2.05, 4.69) is 12.1 Å². The number of hydrogen-bond donors (Lipinski definition) is 2. The van der Waals surface area contributed by atoms with Gasteiger partial charge in [-0.1, -0.05) is 75.9 Å². The molecule has 130 valence electrons. The molecule has 0 saturated carbocycles. The van der Waals surface area contributed by atoms with Crippen molar-refractivity contribution in [3.8, 4) is 5.75 Å². The molecule has 0 spiro atoms. The molecule has 0 aromatic heterocycles. The molecule has 2 N–H and O–H groups in total. The van der Waals surface area contributed by atoms with Crippen LogP contribution in [0.3, 0.4) is 0 Å². The molecule has 0 saturated heterocycles. The number of aryl methyl sites for hydroxylation is 1. The lowest BCUT2D eigenvalue weighted by Crippen LogP contribution is -1.97. The molecule has 3 nitrogen and oxygen atoms in total. The van der Waals surface area contributed by atoms with Gasteiger partial charge in [-0.15, -0.1) is 0 Å². The number of unbranched alkanes of at least 4 members (excludes halogenated alkanes) is 9. The fourth-order valence-electron chi connectivity index (χ4n) is 2.90. The summed E-state index contributed by atoms with van der Waals surface area (Å²) in [6.07, 6.45) is 14.4. The summed E-state index contributed by atoms with van der Waals surface area (Å²) in [5.74, 6) is 0.173.